The molecule has 72 valence electrons. The van der Waals surface area contributed by atoms with E-state index in [0.29, 0.717) is 12.4 Å². The zero-order valence-corrected chi connectivity index (χ0v) is 8.12. The summed E-state index contributed by atoms with van der Waals surface area (Å²) in [6, 6.07) is 8.06. The van der Waals surface area contributed by atoms with Crippen molar-refractivity contribution in [2.45, 2.75) is 13.5 Å². The molecule has 2 aromatic rings. The third-order valence-electron chi connectivity index (χ3n) is 2.29. The highest BCUT2D eigenvalue weighted by atomic mass is 14.8. The molecule has 1 heterocycles. The number of hydrogen-bond donors (Lipinski definition) is 2. The molecule has 0 radical (unpaired) electrons. The summed E-state index contributed by atoms with van der Waals surface area (Å²) in [7, 11) is 0. The van der Waals surface area contributed by atoms with Gasteiger partial charge in [-0.15, -0.1) is 0 Å². The van der Waals surface area contributed by atoms with Gasteiger partial charge in [-0.3, -0.25) is 0 Å². The first-order chi connectivity index (χ1) is 6.70. The number of nitrogens with zero attached hydrogens (tertiary/aromatic N) is 1. The minimum atomic E-state index is 0.531. The van der Waals surface area contributed by atoms with Crippen molar-refractivity contribution in [1.82, 2.24) is 4.98 Å². The third-order valence-corrected chi connectivity index (χ3v) is 2.29. The molecule has 0 bridgehead atoms. The molecule has 0 aliphatic carbocycles. The predicted octanol–water partition coefficient (Wildman–Crippen LogP) is 1.58. The molecule has 0 fully saturated rings. The lowest BCUT2D eigenvalue weighted by Gasteiger charge is -2.04. The van der Waals surface area contributed by atoms with E-state index in [-0.39, 0.29) is 0 Å². The molecular weight excluding hydrogens is 174 g/mol. The largest absolute Gasteiger partial charge is 0.383 e. The van der Waals surface area contributed by atoms with Crippen molar-refractivity contribution in [3.05, 3.63) is 35.5 Å². The van der Waals surface area contributed by atoms with Gasteiger partial charge < -0.3 is 11.5 Å². The summed E-state index contributed by atoms with van der Waals surface area (Å²) in [6.45, 7) is 2.47. The van der Waals surface area contributed by atoms with E-state index in [1.54, 1.807) is 0 Å². The van der Waals surface area contributed by atoms with Gasteiger partial charge in [0.15, 0.2) is 0 Å². The van der Waals surface area contributed by atoms with Gasteiger partial charge >= 0.3 is 0 Å². The number of benzene rings is 1. The lowest BCUT2D eigenvalue weighted by molar-refractivity contribution is 1.07. The number of aryl methyl sites for hydroxylation is 1. The van der Waals surface area contributed by atoms with Gasteiger partial charge in [-0.2, -0.15) is 0 Å². The molecule has 0 amide bonds. The predicted molar refractivity (Wildman–Crippen MR) is 58.8 cm³/mol. The first-order valence-electron chi connectivity index (χ1n) is 4.56. The summed E-state index contributed by atoms with van der Waals surface area (Å²) in [5.41, 5.74) is 13.4. The summed E-state index contributed by atoms with van der Waals surface area (Å²) in [5, 5.41) is 2.10. The molecule has 14 heavy (non-hydrogen) atoms. The number of anilines is 1. The second-order valence-corrected chi connectivity index (χ2v) is 3.41. The Labute approximate surface area is 82.7 Å². The van der Waals surface area contributed by atoms with E-state index >= 15 is 0 Å². The van der Waals surface area contributed by atoms with Crippen LogP contribution < -0.4 is 11.5 Å². The Bertz CT molecular complexity index is 477. The van der Waals surface area contributed by atoms with Gasteiger partial charge in [0.2, 0.25) is 0 Å². The summed E-state index contributed by atoms with van der Waals surface area (Å²) in [5.74, 6) is 0.579. The Morgan fingerprint density at radius 1 is 1.29 bits per heavy atom. The lowest BCUT2D eigenvalue weighted by Crippen LogP contribution is -1.98. The number of nitrogen functional groups attached to an aromatic ring is 1. The van der Waals surface area contributed by atoms with Crippen LogP contribution in [-0.4, -0.2) is 4.98 Å². The van der Waals surface area contributed by atoms with Gasteiger partial charge in [0.1, 0.15) is 5.82 Å². The fraction of sp³-hybridized carbons (Fsp3) is 0.182. The normalized spacial score (nSPS) is 10.7. The first-order valence-corrected chi connectivity index (χ1v) is 4.56. The summed E-state index contributed by atoms with van der Waals surface area (Å²) >= 11 is 0. The summed E-state index contributed by atoms with van der Waals surface area (Å²) < 4.78 is 0. The minimum absolute atomic E-state index is 0.531. The van der Waals surface area contributed by atoms with Crippen LogP contribution in [0.1, 0.15) is 11.3 Å². The van der Waals surface area contributed by atoms with Gasteiger partial charge in [-0.1, -0.05) is 12.1 Å². The minimum Gasteiger partial charge on any atom is -0.383 e. The maximum Gasteiger partial charge on any atom is 0.131 e. The highest BCUT2D eigenvalue weighted by molar-refractivity contribution is 5.91. The van der Waals surface area contributed by atoms with Crippen molar-refractivity contribution in [2.24, 2.45) is 5.73 Å². The van der Waals surface area contributed by atoms with Crippen LogP contribution in [0.15, 0.2) is 24.3 Å². The van der Waals surface area contributed by atoms with Crippen LogP contribution in [0.3, 0.4) is 0 Å². The number of nitrogens with two attached hydrogens (primary N) is 2. The van der Waals surface area contributed by atoms with Crippen molar-refractivity contribution in [3.8, 4) is 0 Å². The second-order valence-electron chi connectivity index (χ2n) is 3.41. The summed E-state index contributed by atoms with van der Waals surface area (Å²) in [6.07, 6.45) is 0. The Morgan fingerprint density at radius 2 is 2.07 bits per heavy atom. The molecule has 0 saturated carbocycles. The zero-order chi connectivity index (χ0) is 10.1. The van der Waals surface area contributed by atoms with E-state index in [2.05, 4.69) is 4.98 Å². The van der Waals surface area contributed by atoms with E-state index in [1.807, 2.05) is 31.2 Å². The quantitative estimate of drug-likeness (QED) is 0.712. The molecule has 0 aliphatic rings. The van der Waals surface area contributed by atoms with Gasteiger partial charge in [-0.25, -0.2) is 4.98 Å². The fourth-order valence-electron chi connectivity index (χ4n) is 1.59. The van der Waals surface area contributed by atoms with E-state index < -0.39 is 0 Å². The van der Waals surface area contributed by atoms with E-state index in [1.165, 1.54) is 0 Å². The number of aromatic nitrogens is 1. The van der Waals surface area contributed by atoms with Crippen molar-refractivity contribution in [1.29, 1.82) is 0 Å². The Morgan fingerprint density at radius 3 is 2.79 bits per heavy atom. The van der Waals surface area contributed by atoms with Crippen molar-refractivity contribution >= 4 is 16.6 Å². The lowest BCUT2D eigenvalue weighted by atomic mass is 10.1. The molecule has 3 heteroatoms. The monoisotopic (exact) mass is 187 g/mol. The van der Waals surface area contributed by atoms with Crippen LogP contribution in [0, 0.1) is 6.92 Å². The first kappa shape index (κ1) is 8.97. The van der Waals surface area contributed by atoms with Crippen LogP contribution in [-0.2, 0) is 6.54 Å². The Hall–Kier alpha value is -1.61. The number of pyridine rings is 1. The highest BCUT2D eigenvalue weighted by Crippen LogP contribution is 2.21. The highest BCUT2D eigenvalue weighted by Gasteiger charge is 2.01. The van der Waals surface area contributed by atoms with E-state index in [9.17, 15) is 0 Å². The standard InChI is InChI=1S/C11H13N3/c1-7-4-9-3-2-8(6-12)5-10(9)11(13)14-7/h2-5H,6,12H2,1H3,(H2,13,14). The van der Waals surface area contributed by atoms with Crippen molar-refractivity contribution in [2.75, 3.05) is 5.73 Å². The zero-order valence-electron chi connectivity index (χ0n) is 8.12. The number of hydrogen-bond acceptors (Lipinski definition) is 3. The molecule has 0 atom stereocenters. The third kappa shape index (κ3) is 1.42. The van der Waals surface area contributed by atoms with Gasteiger partial charge in [0.25, 0.3) is 0 Å². The smallest absolute Gasteiger partial charge is 0.131 e. The summed E-state index contributed by atoms with van der Waals surface area (Å²) in [4.78, 5) is 4.21. The van der Waals surface area contributed by atoms with Crippen molar-refractivity contribution < 1.29 is 0 Å². The SMILES string of the molecule is Cc1cc2ccc(CN)cc2c(N)n1. The van der Waals surface area contributed by atoms with Gasteiger partial charge in [0, 0.05) is 17.6 Å². The van der Waals surface area contributed by atoms with E-state index in [4.69, 9.17) is 11.5 Å². The number of fused-ring (bicyclic) bond motifs is 1. The van der Waals surface area contributed by atoms with Crippen molar-refractivity contribution in [3.63, 3.8) is 0 Å². The average molecular weight is 187 g/mol. The molecule has 0 unspecified atom stereocenters. The van der Waals surface area contributed by atoms with Crippen LogP contribution >= 0.6 is 0 Å². The fourth-order valence-corrected chi connectivity index (χ4v) is 1.59. The molecule has 0 spiro atoms. The molecule has 1 aromatic heterocycles. The molecule has 1 aromatic carbocycles. The maximum atomic E-state index is 5.83. The van der Waals surface area contributed by atoms with Crippen LogP contribution in [0.25, 0.3) is 10.8 Å². The molecule has 2 rings (SSSR count). The Kier molecular flexibility index (Phi) is 2.09. The second kappa shape index (κ2) is 3.27. The maximum absolute atomic E-state index is 5.83. The number of rotatable bonds is 1. The van der Waals surface area contributed by atoms with E-state index in [0.717, 1.165) is 22.0 Å². The molecule has 0 aliphatic heterocycles. The average Bonchev–Trinajstić information content (AvgIpc) is 2.17. The van der Waals surface area contributed by atoms with Crippen LogP contribution in [0.2, 0.25) is 0 Å². The molecule has 0 saturated heterocycles. The molecular formula is C11H13N3. The van der Waals surface area contributed by atoms with Crippen LogP contribution in [0.5, 0.6) is 0 Å². The molecule has 4 N–H and O–H groups in total. The molecule has 3 nitrogen and oxygen atoms in total. The topological polar surface area (TPSA) is 64.9 Å². The Balaban J connectivity index is 2.75. The van der Waals surface area contributed by atoms with Crippen LogP contribution in [0.4, 0.5) is 5.82 Å². The van der Waals surface area contributed by atoms with Gasteiger partial charge in [-0.05, 0) is 30.0 Å². The van der Waals surface area contributed by atoms with Gasteiger partial charge in [0.05, 0.1) is 0 Å².